The zero-order chi connectivity index (χ0) is 17.6. The van der Waals surface area contributed by atoms with Gasteiger partial charge in [-0.2, -0.15) is 5.10 Å². The molecule has 1 aromatic carbocycles. The molecule has 2 aromatic rings. The number of aromatic amines is 1. The second-order valence-electron chi connectivity index (χ2n) is 7.80. The van der Waals surface area contributed by atoms with Gasteiger partial charge in [0, 0.05) is 26.6 Å². The zero-order valence-electron chi connectivity index (χ0n) is 15.4. The van der Waals surface area contributed by atoms with Crippen LogP contribution in [0.5, 0.6) is 5.75 Å². The van der Waals surface area contributed by atoms with Crippen molar-refractivity contribution in [2.45, 2.75) is 57.9 Å². The van der Waals surface area contributed by atoms with Crippen LogP contribution >= 0.6 is 0 Å². The molecule has 0 spiro atoms. The molecule has 1 N–H and O–H groups in total. The normalized spacial score (nSPS) is 25.1. The number of nitrogens with zero attached hydrogens (tertiary/aromatic N) is 3. The number of likely N-dealkylation sites (tertiary alicyclic amines) is 1. The fraction of sp³-hybridized carbons (Fsp3) is 0.579. The number of hydrogen-bond donors (Lipinski definition) is 1. The molecule has 0 amide bonds. The second kappa shape index (κ2) is 6.11. The predicted octanol–water partition coefficient (Wildman–Crippen LogP) is 2.79. The van der Waals surface area contributed by atoms with Crippen molar-refractivity contribution in [1.29, 1.82) is 0 Å². The molecule has 2 aliphatic rings. The first kappa shape index (κ1) is 16.5. The van der Waals surface area contributed by atoms with Gasteiger partial charge in [0.15, 0.2) is 5.82 Å². The molecule has 1 aromatic heterocycles. The summed E-state index contributed by atoms with van der Waals surface area (Å²) in [6, 6.07) is 6.75. The highest BCUT2D eigenvalue weighted by molar-refractivity contribution is 5.41. The number of H-pyrrole nitrogens is 1. The molecule has 4 rings (SSSR count). The van der Waals surface area contributed by atoms with Gasteiger partial charge >= 0.3 is 0 Å². The van der Waals surface area contributed by atoms with Gasteiger partial charge in [-0.05, 0) is 44.4 Å². The lowest BCUT2D eigenvalue weighted by atomic mass is 10.00. The first-order valence-corrected chi connectivity index (χ1v) is 8.90. The number of benzene rings is 1. The molecule has 2 atom stereocenters. The molecule has 1 fully saturated rings. The van der Waals surface area contributed by atoms with E-state index >= 15 is 0 Å². The Labute approximate surface area is 148 Å². The fourth-order valence-corrected chi connectivity index (χ4v) is 3.98. The number of ether oxygens (including phenoxy) is 2. The molecular weight excluding hydrogens is 316 g/mol. The molecule has 0 unspecified atom stereocenters. The first-order chi connectivity index (χ1) is 11.9. The number of hydrogen-bond acceptors (Lipinski definition) is 5. The lowest BCUT2D eigenvalue weighted by molar-refractivity contribution is 0.107. The van der Waals surface area contributed by atoms with Crippen LogP contribution in [0.4, 0.5) is 0 Å². The van der Waals surface area contributed by atoms with Gasteiger partial charge in [0.1, 0.15) is 17.2 Å². The minimum Gasteiger partial charge on any atom is -0.487 e. The lowest BCUT2D eigenvalue weighted by Gasteiger charge is -2.22. The summed E-state index contributed by atoms with van der Waals surface area (Å²) in [5.74, 6) is 2.74. The highest BCUT2D eigenvalue weighted by Crippen LogP contribution is 2.37. The smallest absolute Gasteiger partial charge is 0.167 e. The summed E-state index contributed by atoms with van der Waals surface area (Å²) >= 11 is 0. The number of nitrogens with one attached hydrogen (secondary N) is 1. The molecule has 25 heavy (non-hydrogen) atoms. The Balaban J connectivity index is 1.55. The van der Waals surface area contributed by atoms with E-state index in [1.165, 1.54) is 11.1 Å². The van der Waals surface area contributed by atoms with E-state index in [9.17, 15) is 0 Å². The first-order valence-electron chi connectivity index (χ1n) is 8.90. The Morgan fingerprint density at radius 2 is 2.24 bits per heavy atom. The zero-order valence-corrected chi connectivity index (χ0v) is 15.4. The summed E-state index contributed by atoms with van der Waals surface area (Å²) in [6.45, 7) is 7.97. The Bertz CT molecular complexity index is 771. The van der Waals surface area contributed by atoms with Crippen molar-refractivity contribution < 1.29 is 9.47 Å². The third kappa shape index (κ3) is 3.28. The molecule has 0 bridgehead atoms. The van der Waals surface area contributed by atoms with Crippen molar-refractivity contribution in [1.82, 2.24) is 20.1 Å². The predicted molar refractivity (Wildman–Crippen MR) is 94.5 cm³/mol. The largest absolute Gasteiger partial charge is 0.487 e. The molecule has 6 nitrogen and oxygen atoms in total. The van der Waals surface area contributed by atoms with Gasteiger partial charge in [-0.15, -0.1) is 0 Å². The van der Waals surface area contributed by atoms with E-state index in [1.54, 1.807) is 7.11 Å². The van der Waals surface area contributed by atoms with E-state index < -0.39 is 0 Å². The standard InChI is InChI=1S/C19H26N4O2/c1-12-20-18(22-21-12)16-8-15(24-4)11-23(16)10-13-5-6-17-14(7-13)9-19(2,3)25-17/h5-7,15-16H,8-11H2,1-4H3,(H,20,21,22)/t15-,16+/m1/s1. The van der Waals surface area contributed by atoms with E-state index in [2.05, 4.69) is 52.1 Å². The SMILES string of the molecule is CO[C@@H]1C[C@@H](c2n[nH]c(C)n2)N(Cc2ccc3c(c2)CC(C)(C)O3)C1. The van der Waals surface area contributed by atoms with Gasteiger partial charge in [-0.1, -0.05) is 12.1 Å². The minimum absolute atomic E-state index is 0.102. The molecule has 0 radical (unpaired) electrons. The quantitative estimate of drug-likeness (QED) is 0.926. The summed E-state index contributed by atoms with van der Waals surface area (Å²) in [5.41, 5.74) is 2.50. The average Bonchev–Trinajstić information content (AvgIpc) is 3.22. The molecule has 3 heterocycles. The lowest BCUT2D eigenvalue weighted by Crippen LogP contribution is -2.25. The van der Waals surface area contributed by atoms with E-state index in [1.807, 2.05) is 6.92 Å². The van der Waals surface area contributed by atoms with Crippen molar-refractivity contribution in [3.63, 3.8) is 0 Å². The van der Waals surface area contributed by atoms with E-state index in [4.69, 9.17) is 9.47 Å². The van der Waals surface area contributed by atoms with E-state index in [0.717, 1.165) is 43.3 Å². The van der Waals surface area contributed by atoms with Gasteiger partial charge in [-0.25, -0.2) is 4.98 Å². The summed E-state index contributed by atoms with van der Waals surface area (Å²) in [5, 5.41) is 7.34. The maximum atomic E-state index is 5.99. The Hall–Kier alpha value is -1.92. The van der Waals surface area contributed by atoms with Crippen LogP contribution in [0.3, 0.4) is 0 Å². The molecule has 2 aliphatic heterocycles. The number of rotatable bonds is 4. The Morgan fingerprint density at radius 3 is 2.96 bits per heavy atom. The number of aromatic nitrogens is 3. The van der Waals surface area contributed by atoms with Gasteiger partial charge < -0.3 is 9.47 Å². The molecule has 0 aliphatic carbocycles. The average molecular weight is 342 g/mol. The van der Waals surface area contributed by atoms with Crippen LogP contribution in [0.1, 0.15) is 49.1 Å². The summed E-state index contributed by atoms with van der Waals surface area (Å²) in [4.78, 5) is 6.96. The third-order valence-corrected chi connectivity index (χ3v) is 5.12. The monoisotopic (exact) mass is 342 g/mol. The highest BCUT2D eigenvalue weighted by atomic mass is 16.5. The second-order valence-corrected chi connectivity index (χ2v) is 7.80. The van der Waals surface area contributed by atoms with E-state index in [0.29, 0.717) is 0 Å². The molecule has 134 valence electrons. The number of fused-ring (bicyclic) bond motifs is 1. The van der Waals surface area contributed by atoms with Gasteiger partial charge in [0.2, 0.25) is 0 Å². The highest BCUT2D eigenvalue weighted by Gasteiger charge is 2.36. The minimum atomic E-state index is -0.102. The maximum absolute atomic E-state index is 5.99. The summed E-state index contributed by atoms with van der Waals surface area (Å²) in [7, 11) is 1.78. The van der Waals surface area contributed by atoms with Crippen LogP contribution < -0.4 is 4.74 Å². The fourth-order valence-electron chi connectivity index (χ4n) is 3.98. The van der Waals surface area contributed by atoms with Crippen LogP contribution in [-0.2, 0) is 17.7 Å². The number of methoxy groups -OCH3 is 1. The van der Waals surface area contributed by atoms with Gasteiger partial charge in [-0.3, -0.25) is 10.00 Å². The van der Waals surface area contributed by atoms with Gasteiger partial charge in [0.05, 0.1) is 12.1 Å². The van der Waals surface area contributed by atoms with Crippen LogP contribution in [0, 0.1) is 6.92 Å². The Kier molecular flexibility index (Phi) is 4.04. The van der Waals surface area contributed by atoms with Gasteiger partial charge in [0.25, 0.3) is 0 Å². The van der Waals surface area contributed by atoms with Crippen molar-refractivity contribution in [3.8, 4) is 5.75 Å². The molecule has 6 heteroatoms. The van der Waals surface area contributed by atoms with Crippen LogP contribution in [0.15, 0.2) is 18.2 Å². The molecule has 0 saturated carbocycles. The molecular formula is C19H26N4O2. The van der Waals surface area contributed by atoms with Crippen molar-refractivity contribution in [2.24, 2.45) is 0 Å². The molecule has 1 saturated heterocycles. The van der Waals surface area contributed by atoms with Crippen molar-refractivity contribution in [2.75, 3.05) is 13.7 Å². The number of aryl methyl sites for hydroxylation is 1. The van der Waals surface area contributed by atoms with Crippen LogP contribution in [-0.4, -0.2) is 45.4 Å². The van der Waals surface area contributed by atoms with Crippen LogP contribution in [0.25, 0.3) is 0 Å². The third-order valence-electron chi connectivity index (χ3n) is 5.12. The van der Waals surface area contributed by atoms with E-state index in [-0.39, 0.29) is 17.7 Å². The topological polar surface area (TPSA) is 63.3 Å². The van der Waals surface area contributed by atoms with Crippen LogP contribution in [0.2, 0.25) is 0 Å². The summed E-state index contributed by atoms with van der Waals surface area (Å²) in [6.07, 6.45) is 2.11. The van der Waals surface area contributed by atoms with Crippen molar-refractivity contribution >= 4 is 0 Å². The van der Waals surface area contributed by atoms with Crippen molar-refractivity contribution in [3.05, 3.63) is 41.0 Å². The maximum Gasteiger partial charge on any atom is 0.167 e. The Morgan fingerprint density at radius 1 is 1.40 bits per heavy atom. The summed E-state index contributed by atoms with van der Waals surface area (Å²) < 4.78 is 11.6.